The van der Waals surface area contributed by atoms with Gasteiger partial charge in [0.05, 0.1) is 11.3 Å². The van der Waals surface area contributed by atoms with E-state index in [0.717, 1.165) is 12.1 Å². The molecule has 0 aliphatic heterocycles. The van der Waals surface area contributed by atoms with Crippen LogP contribution < -0.4 is 20.1 Å². The van der Waals surface area contributed by atoms with Crippen molar-refractivity contribution < 1.29 is 37.3 Å². The number of carbonyl (C=O) groups is 2. The minimum Gasteiger partial charge on any atom is -0.478 e. The van der Waals surface area contributed by atoms with E-state index < -0.39 is 24.1 Å². The number of hydrogen-bond donors (Lipinski definition) is 3. The van der Waals surface area contributed by atoms with Crippen LogP contribution in [0.25, 0.3) is 11.1 Å². The fourth-order valence-corrected chi connectivity index (χ4v) is 3.51. The lowest BCUT2D eigenvalue weighted by atomic mass is 10.0. The van der Waals surface area contributed by atoms with Crippen molar-refractivity contribution in [1.29, 1.82) is 0 Å². The number of aromatic carboxylic acids is 1. The zero-order chi connectivity index (χ0) is 27.3. The van der Waals surface area contributed by atoms with Gasteiger partial charge in [-0.25, -0.2) is 9.59 Å². The van der Waals surface area contributed by atoms with Gasteiger partial charge in [0.1, 0.15) is 11.5 Å². The van der Waals surface area contributed by atoms with E-state index in [1.54, 1.807) is 54.6 Å². The molecule has 2 amide bonds. The molecule has 0 aliphatic carbocycles. The SMILES string of the molecule is O=C(Nc1ccc(OC(F)(F)F)cc1)Nc1cc(-c2cccc(C(=O)O)c2)ccc1Oc1ccc(Cl)cc1. The molecule has 0 heterocycles. The summed E-state index contributed by atoms with van der Waals surface area (Å²) in [5.74, 6) is -0.800. The molecule has 4 rings (SSSR count). The van der Waals surface area contributed by atoms with Crippen LogP contribution in [0, 0.1) is 0 Å². The highest BCUT2D eigenvalue weighted by molar-refractivity contribution is 6.30. The van der Waals surface area contributed by atoms with Gasteiger partial charge in [-0.1, -0.05) is 29.8 Å². The van der Waals surface area contributed by atoms with Crippen LogP contribution in [-0.4, -0.2) is 23.5 Å². The molecule has 7 nitrogen and oxygen atoms in total. The predicted octanol–water partition coefficient (Wildman–Crippen LogP) is 8.04. The molecule has 0 spiro atoms. The number of anilines is 2. The normalized spacial score (nSPS) is 10.9. The van der Waals surface area contributed by atoms with Crippen molar-refractivity contribution >= 4 is 35.0 Å². The van der Waals surface area contributed by atoms with Gasteiger partial charge in [0, 0.05) is 10.7 Å². The maximum absolute atomic E-state index is 12.8. The fraction of sp³-hybridized carbons (Fsp3) is 0.0370. The lowest BCUT2D eigenvalue weighted by Crippen LogP contribution is -2.20. The smallest absolute Gasteiger partial charge is 0.478 e. The highest BCUT2D eigenvalue weighted by atomic mass is 35.5. The van der Waals surface area contributed by atoms with E-state index in [1.165, 1.54) is 24.3 Å². The van der Waals surface area contributed by atoms with E-state index >= 15 is 0 Å². The number of hydrogen-bond acceptors (Lipinski definition) is 4. The molecule has 0 saturated carbocycles. The minimum atomic E-state index is -4.83. The first kappa shape index (κ1) is 26.4. The molecule has 38 heavy (non-hydrogen) atoms. The topological polar surface area (TPSA) is 96.9 Å². The molecule has 4 aromatic rings. The Hall–Kier alpha value is -4.70. The minimum absolute atomic E-state index is 0.0918. The molecule has 0 aliphatic rings. The summed E-state index contributed by atoms with van der Waals surface area (Å²) in [7, 11) is 0. The largest absolute Gasteiger partial charge is 0.573 e. The van der Waals surface area contributed by atoms with Crippen molar-refractivity contribution in [1.82, 2.24) is 0 Å². The number of nitrogens with one attached hydrogen (secondary N) is 2. The molecule has 0 radical (unpaired) electrons. The predicted molar refractivity (Wildman–Crippen MR) is 136 cm³/mol. The van der Waals surface area contributed by atoms with Crippen molar-refractivity contribution in [3.05, 3.63) is 102 Å². The highest BCUT2D eigenvalue weighted by Crippen LogP contribution is 2.35. The van der Waals surface area contributed by atoms with Gasteiger partial charge < -0.3 is 25.2 Å². The molecule has 4 aromatic carbocycles. The number of rotatable bonds is 7. The molecule has 0 fully saturated rings. The number of benzene rings is 4. The second-order valence-corrected chi connectivity index (χ2v) is 8.24. The van der Waals surface area contributed by atoms with Gasteiger partial charge in [-0.15, -0.1) is 13.2 Å². The molecular weight excluding hydrogens is 525 g/mol. The van der Waals surface area contributed by atoms with Gasteiger partial charge in [-0.05, 0) is 83.9 Å². The first-order chi connectivity index (χ1) is 18.1. The molecular formula is C27H18ClF3N2O5. The summed E-state index contributed by atoms with van der Waals surface area (Å²) in [6.45, 7) is 0. The van der Waals surface area contributed by atoms with Crippen molar-refractivity contribution in [3.63, 3.8) is 0 Å². The molecule has 0 atom stereocenters. The van der Waals surface area contributed by atoms with Crippen molar-refractivity contribution in [3.8, 4) is 28.4 Å². The van der Waals surface area contributed by atoms with E-state index in [-0.39, 0.29) is 22.7 Å². The van der Waals surface area contributed by atoms with Crippen molar-refractivity contribution in [2.75, 3.05) is 10.6 Å². The van der Waals surface area contributed by atoms with E-state index in [1.807, 2.05) is 0 Å². The first-order valence-electron chi connectivity index (χ1n) is 10.9. The average molecular weight is 543 g/mol. The average Bonchev–Trinajstić information content (AvgIpc) is 2.87. The van der Waals surface area contributed by atoms with Crippen LogP contribution in [0.3, 0.4) is 0 Å². The summed E-state index contributed by atoms with van der Waals surface area (Å²) in [6.07, 6.45) is -4.83. The van der Waals surface area contributed by atoms with E-state index in [2.05, 4.69) is 15.4 Å². The third-order valence-electron chi connectivity index (χ3n) is 5.06. The van der Waals surface area contributed by atoms with Gasteiger partial charge in [0.15, 0.2) is 5.75 Å². The Morgan fingerprint density at radius 1 is 0.789 bits per heavy atom. The first-order valence-corrected chi connectivity index (χ1v) is 11.3. The summed E-state index contributed by atoms with van der Waals surface area (Å²) in [6, 6.07) is 21.7. The van der Waals surface area contributed by atoms with Gasteiger partial charge in [0.25, 0.3) is 0 Å². The van der Waals surface area contributed by atoms with Gasteiger partial charge in [-0.2, -0.15) is 0 Å². The Morgan fingerprint density at radius 3 is 2.11 bits per heavy atom. The number of carbonyl (C=O) groups excluding carboxylic acids is 1. The second-order valence-electron chi connectivity index (χ2n) is 7.80. The Morgan fingerprint density at radius 2 is 1.45 bits per heavy atom. The number of halogens is 4. The summed E-state index contributed by atoms with van der Waals surface area (Å²) >= 11 is 5.93. The standard InChI is InChI=1S/C27H18ClF3N2O5/c28-19-5-9-21(10-6-19)37-24-13-4-17(16-2-1-3-18(14-16)25(34)35)15-23(24)33-26(36)32-20-7-11-22(12-8-20)38-27(29,30)31/h1-15H,(H,34,35)(H2,32,33,36). The van der Waals surface area contributed by atoms with Crippen LogP contribution in [0.4, 0.5) is 29.3 Å². The summed E-state index contributed by atoms with van der Waals surface area (Å²) in [4.78, 5) is 24.1. The quantitative estimate of drug-likeness (QED) is 0.219. The van der Waals surface area contributed by atoms with Crippen LogP contribution in [0.15, 0.2) is 91.0 Å². The lowest BCUT2D eigenvalue weighted by molar-refractivity contribution is -0.274. The number of urea groups is 1. The summed E-state index contributed by atoms with van der Waals surface area (Å²) in [5.41, 5.74) is 1.73. The summed E-state index contributed by atoms with van der Waals surface area (Å²) in [5, 5.41) is 15.0. The van der Waals surface area contributed by atoms with E-state index in [0.29, 0.717) is 21.9 Å². The third kappa shape index (κ3) is 7.17. The van der Waals surface area contributed by atoms with Crippen molar-refractivity contribution in [2.24, 2.45) is 0 Å². The van der Waals surface area contributed by atoms with E-state index in [4.69, 9.17) is 16.3 Å². The number of carboxylic acid groups (broad SMARTS) is 1. The molecule has 3 N–H and O–H groups in total. The molecule has 0 saturated heterocycles. The van der Waals surface area contributed by atoms with Crippen LogP contribution >= 0.6 is 11.6 Å². The van der Waals surface area contributed by atoms with E-state index in [9.17, 15) is 27.9 Å². The van der Waals surface area contributed by atoms with Gasteiger partial charge in [0.2, 0.25) is 0 Å². The van der Waals surface area contributed by atoms with Gasteiger partial charge in [-0.3, -0.25) is 0 Å². The lowest BCUT2D eigenvalue weighted by Gasteiger charge is -2.15. The monoisotopic (exact) mass is 542 g/mol. The Bertz CT molecular complexity index is 1460. The van der Waals surface area contributed by atoms with Crippen molar-refractivity contribution in [2.45, 2.75) is 6.36 Å². The zero-order valence-electron chi connectivity index (χ0n) is 19.3. The van der Waals surface area contributed by atoms with Crippen LogP contribution in [0.2, 0.25) is 5.02 Å². The maximum atomic E-state index is 12.8. The highest BCUT2D eigenvalue weighted by Gasteiger charge is 2.31. The Labute approximate surface area is 219 Å². The molecule has 194 valence electrons. The number of amides is 2. The molecule has 0 aromatic heterocycles. The molecule has 11 heteroatoms. The molecule has 0 unspecified atom stereocenters. The van der Waals surface area contributed by atoms with Crippen LogP contribution in [-0.2, 0) is 0 Å². The third-order valence-corrected chi connectivity index (χ3v) is 5.31. The number of ether oxygens (including phenoxy) is 2. The van der Waals surface area contributed by atoms with Gasteiger partial charge >= 0.3 is 18.4 Å². The number of alkyl halides is 3. The molecule has 0 bridgehead atoms. The zero-order valence-corrected chi connectivity index (χ0v) is 20.0. The Kier molecular flexibility index (Phi) is 7.73. The number of carboxylic acids is 1. The summed E-state index contributed by atoms with van der Waals surface area (Å²) < 4.78 is 46.9. The fourth-order valence-electron chi connectivity index (χ4n) is 3.38. The maximum Gasteiger partial charge on any atom is 0.573 e. The second kappa shape index (κ2) is 11.1. The van der Waals surface area contributed by atoms with Crippen LogP contribution in [0.1, 0.15) is 10.4 Å². The van der Waals surface area contributed by atoms with Crippen LogP contribution in [0.5, 0.6) is 17.2 Å². The Balaban J connectivity index is 1.59.